The molecule has 0 spiro atoms. The highest BCUT2D eigenvalue weighted by Crippen LogP contribution is 2.55. The molecule has 2 aliphatic carbocycles. The number of rotatable bonds is 4. The Morgan fingerprint density at radius 3 is 1.04 bits per heavy atom. The fourth-order valence-electron chi connectivity index (χ4n) is 10.3. The molecule has 0 nitrogen and oxygen atoms in total. The van der Waals surface area contributed by atoms with E-state index in [0.29, 0.717) is 0 Å². The molecule has 0 amide bonds. The largest absolute Gasteiger partial charge is 0.0622 e. The molecule has 0 radical (unpaired) electrons. The van der Waals surface area contributed by atoms with Crippen LogP contribution in [-0.4, -0.2) is 0 Å². The van der Waals surface area contributed by atoms with E-state index < -0.39 is 0 Å². The molecule has 0 fully saturated rings. The summed E-state index contributed by atoms with van der Waals surface area (Å²) in [4.78, 5) is 0. The van der Waals surface area contributed by atoms with Gasteiger partial charge in [-0.2, -0.15) is 0 Å². The molecule has 0 N–H and O–H groups in total. The molecule has 0 bridgehead atoms. The van der Waals surface area contributed by atoms with Gasteiger partial charge in [0.2, 0.25) is 0 Å². The number of hydrogen-bond donors (Lipinski definition) is 0. The molecule has 0 heterocycles. The smallest absolute Gasteiger partial charge is 0.0159 e. The second-order valence-corrected chi connectivity index (χ2v) is 16.8. The third kappa shape index (κ3) is 4.60. The van der Waals surface area contributed by atoms with Gasteiger partial charge in [-0.15, -0.1) is 0 Å². The fourth-order valence-corrected chi connectivity index (χ4v) is 10.3. The Labute approximate surface area is 329 Å². The van der Waals surface area contributed by atoms with Gasteiger partial charge in [-0.25, -0.2) is 0 Å². The predicted molar refractivity (Wildman–Crippen MR) is 238 cm³/mol. The molecule has 266 valence electrons. The zero-order chi connectivity index (χ0) is 37.8. The van der Waals surface area contributed by atoms with Crippen LogP contribution in [0.5, 0.6) is 0 Å². The summed E-state index contributed by atoms with van der Waals surface area (Å²) in [6.45, 7) is 9.54. The van der Waals surface area contributed by atoms with Crippen LogP contribution in [0.2, 0.25) is 0 Å². The lowest BCUT2D eigenvalue weighted by Crippen LogP contribution is -2.15. The number of fused-ring (bicyclic) bond motifs is 8. The molecule has 0 atom stereocenters. The van der Waals surface area contributed by atoms with Crippen molar-refractivity contribution in [1.82, 2.24) is 0 Å². The Bertz CT molecular complexity index is 2840. The van der Waals surface area contributed by atoms with Crippen LogP contribution in [0.15, 0.2) is 182 Å². The summed E-state index contributed by atoms with van der Waals surface area (Å²) in [6, 6.07) is 68.4. The minimum Gasteiger partial charge on any atom is -0.0622 e. The van der Waals surface area contributed by atoms with Crippen LogP contribution >= 0.6 is 0 Å². The fraction of sp³-hybridized carbons (Fsp3) is 0.107. The van der Waals surface area contributed by atoms with Gasteiger partial charge in [0.15, 0.2) is 0 Å². The standard InChI is InChI=1S/C56H42/c1-55(2)47-25-15-13-21-41(47)43-29-27-37(33-49(43)55)51-45-23-11-12-24-46(45)52(38-28-30-44-42-22-14-16-26-48(42)56(3,4)50(44)34-38)54-40(36-19-9-6-10-20-36)32-31-39(53(51)54)35-17-7-5-8-18-35/h5-34H,1-4H3. The lowest BCUT2D eigenvalue weighted by Gasteiger charge is -2.26. The zero-order valence-corrected chi connectivity index (χ0v) is 32.3. The van der Waals surface area contributed by atoms with Gasteiger partial charge in [0.05, 0.1) is 0 Å². The van der Waals surface area contributed by atoms with Gasteiger partial charge in [0.1, 0.15) is 0 Å². The molecule has 0 saturated carbocycles. The summed E-state index contributed by atoms with van der Waals surface area (Å²) < 4.78 is 0. The van der Waals surface area contributed by atoms with Crippen LogP contribution < -0.4 is 0 Å². The molecule has 9 aromatic carbocycles. The second-order valence-electron chi connectivity index (χ2n) is 16.8. The van der Waals surface area contributed by atoms with E-state index >= 15 is 0 Å². The highest BCUT2D eigenvalue weighted by molar-refractivity contribution is 6.28. The third-order valence-electron chi connectivity index (χ3n) is 13.1. The average molecular weight is 715 g/mol. The summed E-state index contributed by atoms with van der Waals surface area (Å²) in [5, 5.41) is 5.13. The normalized spacial score (nSPS) is 14.4. The van der Waals surface area contributed by atoms with Crippen LogP contribution in [-0.2, 0) is 10.8 Å². The predicted octanol–water partition coefficient (Wildman–Crippen LogP) is 15.3. The van der Waals surface area contributed by atoms with Crippen LogP contribution in [0.4, 0.5) is 0 Å². The van der Waals surface area contributed by atoms with E-state index in [0.717, 1.165) is 0 Å². The monoisotopic (exact) mass is 714 g/mol. The van der Waals surface area contributed by atoms with E-state index in [-0.39, 0.29) is 10.8 Å². The van der Waals surface area contributed by atoms with Crippen molar-refractivity contribution in [1.29, 1.82) is 0 Å². The van der Waals surface area contributed by atoms with Crippen LogP contribution in [0.1, 0.15) is 49.9 Å². The Morgan fingerprint density at radius 2 is 0.607 bits per heavy atom. The Hall–Kier alpha value is -6.50. The molecule has 0 heteroatoms. The van der Waals surface area contributed by atoms with E-state index in [4.69, 9.17) is 0 Å². The Kier molecular flexibility index (Phi) is 7.05. The van der Waals surface area contributed by atoms with Crippen molar-refractivity contribution in [2.75, 3.05) is 0 Å². The van der Waals surface area contributed by atoms with Crippen molar-refractivity contribution in [3.8, 4) is 66.8 Å². The van der Waals surface area contributed by atoms with Crippen molar-refractivity contribution in [2.45, 2.75) is 38.5 Å². The summed E-state index contributed by atoms with van der Waals surface area (Å²) in [5.74, 6) is 0. The first kappa shape index (κ1) is 32.9. The maximum atomic E-state index is 2.51. The van der Waals surface area contributed by atoms with E-state index in [2.05, 4.69) is 210 Å². The SMILES string of the molecule is CC1(C)c2ccccc2-c2ccc(-c3c4ccccc4c(-c4ccc5c(c4)C(C)(C)c4ccccc4-5)c4c(-c5ccccc5)ccc(-c5ccccc5)c34)cc21. The van der Waals surface area contributed by atoms with Gasteiger partial charge in [0, 0.05) is 10.8 Å². The third-order valence-corrected chi connectivity index (χ3v) is 13.1. The van der Waals surface area contributed by atoms with Crippen LogP contribution in [0.3, 0.4) is 0 Å². The van der Waals surface area contributed by atoms with Gasteiger partial charge < -0.3 is 0 Å². The molecule has 56 heavy (non-hydrogen) atoms. The molecule has 0 unspecified atom stereocenters. The van der Waals surface area contributed by atoms with Gasteiger partial charge in [-0.3, -0.25) is 0 Å². The lowest BCUT2D eigenvalue weighted by atomic mass is 9.77. The van der Waals surface area contributed by atoms with Crippen molar-refractivity contribution >= 4 is 21.5 Å². The van der Waals surface area contributed by atoms with Gasteiger partial charge in [0.25, 0.3) is 0 Å². The molecule has 0 aliphatic heterocycles. The summed E-state index contributed by atoms with van der Waals surface area (Å²) in [5.41, 5.74) is 20.8. The van der Waals surface area contributed by atoms with E-state index in [1.165, 1.54) is 111 Å². The van der Waals surface area contributed by atoms with Crippen molar-refractivity contribution in [2.24, 2.45) is 0 Å². The van der Waals surface area contributed by atoms with Crippen LogP contribution in [0, 0.1) is 0 Å². The Morgan fingerprint density at radius 1 is 0.268 bits per heavy atom. The molecule has 0 aromatic heterocycles. The number of hydrogen-bond acceptors (Lipinski definition) is 0. The maximum absolute atomic E-state index is 2.51. The number of benzene rings is 9. The van der Waals surface area contributed by atoms with E-state index in [1.807, 2.05) is 0 Å². The van der Waals surface area contributed by atoms with Crippen molar-refractivity contribution < 1.29 is 0 Å². The van der Waals surface area contributed by atoms with Gasteiger partial charge >= 0.3 is 0 Å². The van der Waals surface area contributed by atoms with Crippen molar-refractivity contribution in [3.05, 3.63) is 204 Å². The summed E-state index contributed by atoms with van der Waals surface area (Å²) in [6.07, 6.45) is 0. The Balaban J connectivity index is 1.31. The second kappa shape index (κ2) is 12.0. The first-order valence-electron chi connectivity index (χ1n) is 19.9. The summed E-state index contributed by atoms with van der Waals surface area (Å²) >= 11 is 0. The summed E-state index contributed by atoms with van der Waals surface area (Å²) in [7, 11) is 0. The molecule has 0 saturated heterocycles. The lowest BCUT2D eigenvalue weighted by molar-refractivity contribution is 0.660. The minimum absolute atomic E-state index is 0.111. The molecule has 2 aliphatic rings. The highest BCUT2D eigenvalue weighted by Gasteiger charge is 2.37. The zero-order valence-electron chi connectivity index (χ0n) is 32.3. The molecule has 9 aromatic rings. The quantitative estimate of drug-likeness (QED) is 0.159. The molecule has 11 rings (SSSR count). The first-order valence-corrected chi connectivity index (χ1v) is 19.9. The average Bonchev–Trinajstić information content (AvgIpc) is 3.62. The highest BCUT2D eigenvalue weighted by atomic mass is 14.4. The van der Waals surface area contributed by atoms with E-state index in [1.54, 1.807) is 0 Å². The maximum Gasteiger partial charge on any atom is 0.0159 e. The van der Waals surface area contributed by atoms with Crippen LogP contribution in [0.25, 0.3) is 88.3 Å². The molecular formula is C56H42. The van der Waals surface area contributed by atoms with Crippen molar-refractivity contribution in [3.63, 3.8) is 0 Å². The first-order chi connectivity index (χ1) is 27.3. The topological polar surface area (TPSA) is 0 Å². The molecular weight excluding hydrogens is 673 g/mol. The minimum atomic E-state index is -0.111. The van der Waals surface area contributed by atoms with E-state index in [9.17, 15) is 0 Å². The van der Waals surface area contributed by atoms with Gasteiger partial charge in [-0.1, -0.05) is 198 Å². The van der Waals surface area contributed by atoms with Gasteiger partial charge in [-0.05, 0) is 123 Å².